The normalized spacial score (nSPS) is 15.3. The highest BCUT2D eigenvalue weighted by molar-refractivity contribution is 5.85. The van der Waals surface area contributed by atoms with Gasteiger partial charge in [0.15, 0.2) is 0 Å². The molecule has 1 amide bonds. The van der Waals surface area contributed by atoms with Gasteiger partial charge in [0.2, 0.25) is 5.91 Å². The summed E-state index contributed by atoms with van der Waals surface area (Å²) in [6.45, 7) is 5.50. The van der Waals surface area contributed by atoms with Crippen LogP contribution in [0.4, 0.5) is 0 Å². The SMILES string of the molecule is CNCC(=O)NCc1cccc(CN2CCOCC2)c1.Cl. The Kier molecular flexibility index (Phi) is 8.30. The standard InChI is InChI=1S/C15H23N3O2.ClH/c1-16-11-15(19)17-10-13-3-2-4-14(9-13)12-18-5-7-20-8-6-18;/h2-4,9,16H,5-8,10-12H2,1H3,(H,17,19);1H. The van der Waals surface area contributed by atoms with E-state index in [4.69, 9.17) is 4.74 Å². The maximum Gasteiger partial charge on any atom is 0.234 e. The Morgan fingerprint density at radius 2 is 2.00 bits per heavy atom. The van der Waals surface area contributed by atoms with Gasteiger partial charge in [-0.25, -0.2) is 0 Å². The van der Waals surface area contributed by atoms with E-state index in [9.17, 15) is 4.79 Å². The monoisotopic (exact) mass is 313 g/mol. The van der Waals surface area contributed by atoms with Crippen molar-refractivity contribution in [2.45, 2.75) is 13.1 Å². The quantitative estimate of drug-likeness (QED) is 0.815. The number of ether oxygens (including phenoxy) is 1. The molecule has 2 rings (SSSR count). The zero-order valence-electron chi connectivity index (χ0n) is 12.4. The smallest absolute Gasteiger partial charge is 0.234 e. The average Bonchev–Trinajstić information content (AvgIpc) is 2.47. The lowest BCUT2D eigenvalue weighted by Crippen LogP contribution is -2.35. The van der Waals surface area contributed by atoms with Crippen molar-refractivity contribution in [2.24, 2.45) is 0 Å². The first kappa shape index (κ1) is 17.9. The summed E-state index contributed by atoms with van der Waals surface area (Å²) in [5, 5.41) is 5.73. The van der Waals surface area contributed by atoms with E-state index in [1.54, 1.807) is 7.05 Å². The molecule has 5 nitrogen and oxygen atoms in total. The molecule has 1 aromatic carbocycles. The number of hydrogen-bond acceptors (Lipinski definition) is 4. The van der Waals surface area contributed by atoms with Gasteiger partial charge in [0.1, 0.15) is 0 Å². The van der Waals surface area contributed by atoms with Gasteiger partial charge in [-0.05, 0) is 18.2 Å². The number of halogens is 1. The highest BCUT2D eigenvalue weighted by atomic mass is 35.5. The van der Waals surface area contributed by atoms with E-state index < -0.39 is 0 Å². The van der Waals surface area contributed by atoms with Crippen molar-refractivity contribution >= 4 is 18.3 Å². The molecule has 1 aliphatic heterocycles. The number of carbonyl (C=O) groups excluding carboxylic acids is 1. The van der Waals surface area contributed by atoms with Crippen molar-refractivity contribution in [3.63, 3.8) is 0 Å². The molecule has 0 aliphatic carbocycles. The largest absolute Gasteiger partial charge is 0.379 e. The summed E-state index contributed by atoms with van der Waals surface area (Å²) in [6, 6.07) is 8.39. The van der Waals surface area contributed by atoms with Crippen LogP contribution in [0.3, 0.4) is 0 Å². The molecule has 21 heavy (non-hydrogen) atoms. The molecular weight excluding hydrogens is 290 g/mol. The van der Waals surface area contributed by atoms with Crippen LogP contribution < -0.4 is 10.6 Å². The molecule has 0 atom stereocenters. The Morgan fingerprint density at radius 3 is 2.71 bits per heavy atom. The second kappa shape index (κ2) is 9.73. The molecule has 0 saturated carbocycles. The Bertz CT molecular complexity index is 437. The molecule has 0 aromatic heterocycles. The molecule has 6 heteroatoms. The van der Waals surface area contributed by atoms with Crippen LogP contribution in [0.15, 0.2) is 24.3 Å². The van der Waals surface area contributed by atoms with Gasteiger partial charge < -0.3 is 15.4 Å². The summed E-state index contributed by atoms with van der Waals surface area (Å²) in [7, 11) is 1.77. The molecule has 2 N–H and O–H groups in total. The third-order valence-electron chi connectivity index (χ3n) is 3.33. The van der Waals surface area contributed by atoms with Crippen molar-refractivity contribution in [1.82, 2.24) is 15.5 Å². The van der Waals surface area contributed by atoms with Gasteiger partial charge in [0.25, 0.3) is 0 Å². The van der Waals surface area contributed by atoms with Crippen LogP contribution in [-0.4, -0.2) is 50.7 Å². The predicted molar refractivity (Wildman–Crippen MR) is 85.6 cm³/mol. The van der Waals surface area contributed by atoms with Gasteiger partial charge in [-0.15, -0.1) is 12.4 Å². The van der Waals surface area contributed by atoms with E-state index >= 15 is 0 Å². The second-order valence-electron chi connectivity index (χ2n) is 5.02. The van der Waals surface area contributed by atoms with E-state index in [2.05, 4.69) is 33.7 Å². The molecule has 118 valence electrons. The fourth-order valence-electron chi connectivity index (χ4n) is 2.28. The van der Waals surface area contributed by atoms with Gasteiger partial charge in [-0.1, -0.05) is 24.3 Å². The van der Waals surface area contributed by atoms with E-state index in [1.165, 1.54) is 5.56 Å². The highest BCUT2D eigenvalue weighted by Gasteiger charge is 2.10. The minimum absolute atomic E-state index is 0. The fraction of sp³-hybridized carbons (Fsp3) is 0.533. The summed E-state index contributed by atoms with van der Waals surface area (Å²) in [6.07, 6.45) is 0. The minimum atomic E-state index is 0. The number of benzene rings is 1. The summed E-state index contributed by atoms with van der Waals surface area (Å²) >= 11 is 0. The number of nitrogens with one attached hydrogen (secondary N) is 2. The Labute approximate surface area is 132 Å². The average molecular weight is 314 g/mol. The van der Waals surface area contributed by atoms with Gasteiger partial charge in [0, 0.05) is 26.2 Å². The molecule has 1 fully saturated rings. The van der Waals surface area contributed by atoms with Gasteiger partial charge >= 0.3 is 0 Å². The number of likely N-dealkylation sites (N-methyl/N-ethyl adjacent to an activating group) is 1. The molecule has 0 radical (unpaired) electrons. The number of carbonyl (C=O) groups is 1. The number of nitrogens with zero attached hydrogens (tertiary/aromatic N) is 1. The first-order valence-electron chi connectivity index (χ1n) is 7.07. The third-order valence-corrected chi connectivity index (χ3v) is 3.33. The minimum Gasteiger partial charge on any atom is -0.379 e. The van der Waals surface area contributed by atoms with Crippen molar-refractivity contribution < 1.29 is 9.53 Å². The summed E-state index contributed by atoms with van der Waals surface area (Å²) < 4.78 is 5.35. The first-order valence-corrected chi connectivity index (χ1v) is 7.07. The molecule has 1 saturated heterocycles. The van der Waals surface area contributed by atoms with Crippen molar-refractivity contribution in [1.29, 1.82) is 0 Å². The lowest BCUT2D eigenvalue weighted by molar-refractivity contribution is -0.120. The number of morpholine rings is 1. The van der Waals surface area contributed by atoms with E-state index in [0.717, 1.165) is 38.4 Å². The topological polar surface area (TPSA) is 53.6 Å². The zero-order valence-corrected chi connectivity index (χ0v) is 13.2. The van der Waals surface area contributed by atoms with Crippen LogP contribution in [0.5, 0.6) is 0 Å². The molecule has 1 aliphatic rings. The number of hydrogen-bond donors (Lipinski definition) is 2. The summed E-state index contributed by atoms with van der Waals surface area (Å²) in [5.41, 5.74) is 2.42. The third kappa shape index (κ3) is 6.44. The van der Waals surface area contributed by atoms with E-state index in [0.29, 0.717) is 13.1 Å². The van der Waals surface area contributed by atoms with Crippen LogP contribution in [0.2, 0.25) is 0 Å². The van der Waals surface area contributed by atoms with Gasteiger partial charge in [-0.2, -0.15) is 0 Å². The van der Waals surface area contributed by atoms with Crippen molar-refractivity contribution in [3.8, 4) is 0 Å². The van der Waals surface area contributed by atoms with Crippen molar-refractivity contribution in [3.05, 3.63) is 35.4 Å². The fourth-order valence-corrected chi connectivity index (χ4v) is 2.28. The van der Waals surface area contributed by atoms with E-state index in [-0.39, 0.29) is 18.3 Å². The van der Waals surface area contributed by atoms with Crippen LogP contribution in [0.1, 0.15) is 11.1 Å². The van der Waals surface area contributed by atoms with Crippen molar-refractivity contribution in [2.75, 3.05) is 39.9 Å². The number of rotatable bonds is 6. The summed E-state index contributed by atoms with van der Waals surface area (Å²) in [5.74, 6) is 0.0195. The molecule has 0 unspecified atom stereocenters. The second-order valence-corrected chi connectivity index (χ2v) is 5.02. The Morgan fingerprint density at radius 1 is 1.29 bits per heavy atom. The molecule has 1 aromatic rings. The first-order chi connectivity index (χ1) is 9.78. The maximum atomic E-state index is 11.4. The maximum absolute atomic E-state index is 11.4. The van der Waals surface area contributed by atoms with Crippen LogP contribution in [0, 0.1) is 0 Å². The van der Waals surface area contributed by atoms with E-state index in [1.807, 2.05) is 6.07 Å². The molecular formula is C15H24ClN3O2. The van der Waals surface area contributed by atoms with Crippen LogP contribution in [0.25, 0.3) is 0 Å². The van der Waals surface area contributed by atoms with Gasteiger partial charge in [0.05, 0.1) is 19.8 Å². The highest BCUT2D eigenvalue weighted by Crippen LogP contribution is 2.09. The van der Waals surface area contributed by atoms with Crippen LogP contribution >= 0.6 is 12.4 Å². The molecule has 0 spiro atoms. The Hall–Kier alpha value is -1.14. The number of amides is 1. The lowest BCUT2D eigenvalue weighted by atomic mass is 10.1. The zero-order chi connectivity index (χ0) is 14.2. The van der Waals surface area contributed by atoms with Gasteiger partial charge in [-0.3, -0.25) is 9.69 Å². The molecule has 1 heterocycles. The predicted octanol–water partition coefficient (Wildman–Crippen LogP) is 0.776. The lowest BCUT2D eigenvalue weighted by Gasteiger charge is -2.26. The summed E-state index contributed by atoms with van der Waals surface area (Å²) in [4.78, 5) is 13.8. The Balaban J connectivity index is 0.00000220. The molecule has 0 bridgehead atoms. The van der Waals surface area contributed by atoms with Crippen LogP contribution in [-0.2, 0) is 22.6 Å².